The van der Waals surface area contributed by atoms with Crippen LogP contribution in [-0.2, 0) is 0 Å². The van der Waals surface area contributed by atoms with Crippen LogP contribution < -0.4 is 9.80 Å². The van der Waals surface area contributed by atoms with Gasteiger partial charge in [0, 0.05) is 34.1 Å². The van der Waals surface area contributed by atoms with Crippen LogP contribution in [0, 0.1) is 22.7 Å². The molecule has 0 aliphatic carbocycles. The standard InChI is InChI=1S/C44H30N4/c45-31-35-16-24-42(25-17-35)47(39-7-3-1-4-8-39)41-22-14-33(15-23-41)11-12-34-13-20-38-30-44(28-21-37(38)29-34)48(40-9-5-2-6-10-40)43-26-18-36(32-46)19-27-43/h1-30H/b12-11+. The Hall–Kier alpha value is -6.88. The van der Waals surface area contributed by atoms with Gasteiger partial charge in [-0.1, -0.05) is 78.9 Å². The van der Waals surface area contributed by atoms with Crippen LogP contribution in [0.4, 0.5) is 34.1 Å². The van der Waals surface area contributed by atoms with Crippen LogP contribution in [0.15, 0.2) is 170 Å². The highest BCUT2D eigenvalue weighted by Gasteiger charge is 2.14. The van der Waals surface area contributed by atoms with Gasteiger partial charge in [0.25, 0.3) is 0 Å². The summed E-state index contributed by atoms with van der Waals surface area (Å²) in [6.07, 6.45) is 4.28. The van der Waals surface area contributed by atoms with Gasteiger partial charge in [-0.3, -0.25) is 0 Å². The van der Waals surface area contributed by atoms with E-state index in [9.17, 15) is 10.5 Å². The number of benzene rings is 7. The summed E-state index contributed by atoms with van der Waals surface area (Å²) in [7, 11) is 0. The number of nitrogens with zero attached hydrogens (tertiary/aromatic N) is 4. The van der Waals surface area contributed by atoms with Crippen LogP contribution >= 0.6 is 0 Å². The van der Waals surface area contributed by atoms with Gasteiger partial charge in [-0.05, 0) is 125 Å². The van der Waals surface area contributed by atoms with Crippen molar-refractivity contribution in [2.24, 2.45) is 0 Å². The van der Waals surface area contributed by atoms with E-state index < -0.39 is 0 Å². The van der Waals surface area contributed by atoms with Crippen molar-refractivity contribution in [3.63, 3.8) is 0 Å². The fraction of sp³-hybridized carbons (Fsp3) is 0. The quantitative estimate of drug-likeness (QED) is 0.160. The van der Waals surface area contributed by atoms with Gasteiger partial charge in [-0.25, -0.2) is 0 Å². The molecule has 0 spiro atoms. The van der Waals surface area contributed by atoms with E-state index in [0.29, 0.717) is 11.1 Å². The van der Waals surface area contributed by atoms with E-state index in [-0.39, 0.29) is 0 Å². The summed E-state index contributed by atoms with van der Waals surface area (Å²) in [6.45, 7) is 0. The van der Waals surface area contributed by atoms with Gasteiger partial charge in [-0.2, -0.15) is 10.5 Å². The first-order valence-corrected chi connectivity index (χ1v) is 15.7. The Kier molecular flexibility index (Phi) is 8.46. The van der Waals surface area contributed by atoms with Crippen molar-refractivity contribution in [1.29, 1.82) is 10.5 Å². The second-order valence-corrected chi connectivity index (χ2v) is 11.4. The van der Waals surface area contributed by atoms with Gasteiger partial charge >= 0.3 is 0 Å². The van der Waals surface area contributed by atoms with Gasteiger partial charge in [0.05, 0.1) is 23.3 Å². The van der Waals surface area contributed by atoms with E-state index in [1.165, 1.54) is 0 Å². The van der Waals surface area contributed by atoms with Crippen LogP contribution in [0.25, 0.3) is 22.9 Å². The lowest BCUT2D eigenvalue weighted by atomic mass is 10.0. The van der Waals surface area contributed by atoms with Crippen molar-refractivity contribution in [2.45, 2.75) is 0 Å². The average molecular weight is 615 g/mol. The third-order valence-electron chi connectivity index (χ3n) is 8.26. The summed E-state index contributed by atoms with van der Waals surface area (Å²) in [6, 6.07) is 61.8. The number of nitriles is 2. The molecule has 4 heteroatoms. The minimum Gasteiger partial charge on any atom is -0.311 e. The molecule has 0 aliphatic rings. The number of hydrogen-bond acceptors (Lipinski definition) is 4. The van der Waals surface area contributed by atoms with Crippen LogP contribution in [-0.4, -0.2) is 0 Å². The van der Waals surface area contributed by atoms with Crippen LogP contribution in [0.3, 0.4) is 0 Å². The van der Waals surface area contributed by atoms with E-state index in [1.54, 1.807) is 0 Å². The van der Waals surface area contributed by atoms with Gasteiger partial charge in [0.2, 0.25) is 0 Å². The maximum absolute atomic E-state index is 9.29. The predicted molar refractivity (Wildman–Crippen MR) is 198 cm³/mol. The SMILES string of the molecule is N#Cc1ccc(N(c2ccccc2)c2ccc(/C=C/c3ccc4cc(N(c5ccccc5)c5ccc(C#N)cc5)ccc4c3)cc2)cc1. The monoisotopic (exact) mass is 614 g/mol. The lowest BCUT2D eigenvalue weighted by Gasteiger charge is -2.25. The first kappa shape index (κ1) is 29.8. The molecule has 0 saturated heterocycles. The Labute approximate surface area is 280 Å². The Morgan fingerprint density at radius 2 is 0.729 bits per heavy atom. The molecule has 7 rings (SSSR count). The summed E-state index contributed by atoms with van der Waals surface area (Å²) in [5.41, 5.74) is 9.67. The fourth-order valence-corrected chi connectivity index (χ4v) is 5.84. The number of para-hydroxylation sites is 2. The molecule has 0 aliphatic heterocycles. The number of hydrogen-bond donors (Lipinski definition) is 0. The lowest BCUT2D eigenvalue weighted by Crippen LogP contribution is -2.09. The van der Waals surface area contributed by atoms with Gasteiger partial charge < -0.3 is 9.80 Å². The highest BCUT2D eigenvalue weighted by Crippen LogP contribution is 2.37. The Balaban J connectivity index is 1.14. The van der Waals surface area contributed by atoms with Crippen LogP contribution in [0.1, 0.15) is 22.3 Å². The van der Waals surface area contributed by atoms with Gasteiger partial charge in [0.1, 0.15) is 0 Å². The average Bonchev–Trinajstić information content (AvgIpc) is 3.16. The van der Waals surface area contributed by atoms with Crippen molar-refractivity contribution < 1.29 is 0 Å². The minimum absolute atomic E-state index is 0.638. The summed E-state index contributed by atoms with van der Waals surface area (Å²) >= 11 is 0. The Morgan fingerprint density at radius 1 is 0.354 bits per heavy atom. The molecule has 226 valence electrons. The molecule has 0 fully saturated rings. The van der Waals surface area contributed by atoms with E-state index >= 15 is 0 Å². The van der Waals surface area contributed by atoms with Crippen molar-refractivity contribution in [3.05, 3.63) is 192 Å². The molecule has 0 N–H and O–H groups in total. The largest absolute Gasteiger partial charge is 0.311 e. The summed E-state index contributed by atoms with van der Waals surface area (Å²) in [4.78, 5) is 4.39. The second kappa shape index (κ2) is 13.6. The number of anilines is 6. The Morgan fingerprint density at radius 3 is 1.25 bits per heavy atom. The molecule has 0 amide bonds. The molecule has 7 aromatic carbocycles. The molecule has 0 atom stereocenters. The zero-order valence-electron chi connectivity index (χ0n) is 26.1. The Bertz CT molecular complexity index is 2280. The molecule has 0 bridgehead atoms. The molecular weight excluding hydrogens is 585 g/mol. The van der Waals surface area contributed by atoms with Gasteiger partial charge in [-0.15, -0.1) is 0 Å². The first-order chi connectivity index (χ1) is 23.7. The molecule has 4 nitrogen and oxygen atoms in total. The number of rotatable bonds is 8. The molecule has 48 heavy (non-hydrogen) atoms. The summed E-state index contributed by atoms with van der Waals surface area (Å²) in [5.74, 6) is 0. The molecule has 7 aromatic rings. The van der Waals surface area contributed by atoms with Crippen LogP contribution in [0.2, 0.25) is 0 Å². The van der Waals surface area contributed by atoms with Crippen molar-refractivity contribution in [1.82, 2.24) is 0 Å². The van der Waals surface area contributed by atoms with E-state index in [0.717, 1.165) is 56.0 Å². The fourth-order valence-electron chi connectivity index (χ4n) is 5.84. The number of fused-ring (bicyclic) bond motifs is 1. The van der Waals surface area contributed by atoms with Crippen molar-refractivity contribution >= 4 is 57.0 Å². The van der Waals surface area contributed by atoms with Crippen molar-refractivity contribution in [2.75, 3.05) is 9.80 Å². The molecule has 0 aromatic heterocycles. The smallest absolute Gasteiger partial charge is 0.0991 e. The van der Waals surface area contributed by atoms with E-state index in [4.69, 9.17) is 0 Å². The second-order valence-electron chi connectivity index (χ2n) is 11.4. The lowest BCUT2D eigenvalue weighted by molar-refractivity contribution is 1.28. The summed E-state index contributed by atoms with van der Waals surface area (Å²) < 4.78 is 0. The van der Waals surface area contributed by atoms with Crippen LogP contribution in [0.5, 0.6) is 0 Å². The zero-order chi connectivity index (χ0) is 32.7. The first-order valence-electron chi connectivity index (χ1n) is 15.7. The highest BCUT2D eigenvalue weighted by molar-refractivity contribution is 5.91. The van der Waals surface area contributed by atoms with Crippen molar-refractivity contribution in [3.8, 4) is 12.1 Å². The van der Waals surface area contributed by atoms with E-state index in [2.05, 4.69) is 119 Å². The minimum atomic E-state index is 0.638. The topological polar surface area (TPSA) is 54.1 Å². The molecule has 0 radical (unpaired) electrons. The maximum Gasteiger partial charge on any atom is 0.0991 e. The predicted octanol–water partition coefficient (Wildman–Crippen LogP) is 11.7. The zero-order valence-corrected chi connectivity index (χ0v) is 26.1. The molecule has 0 unspecified atom stereocenters. The molecule has 0 saturated carbocycles. The van der Waals surface area contributed by atoms with Gasteiger partial charge in [0.15, 0.2) is 0 Å². The normalized spacial score (nSPS) is 10.8. The summed E-state index contributed by atoms with van der Waals surface area (Å²) in [5, 5.41) is 20.9. The third kappa shape index (κ3) is 6.42. The third-order valence-corrected chi connectivity index (χ3v) is 8.26. The highest BCUT2D eigenvalue weighted by atomic mass is 15.1. The molecular formula is C44H30N4. The maximum atomic E-state index is 9.29. The molecule has 0 heterocycles. The van der Waals surface area contributed by atoms with E-state index in [1.807, 2.05) is 84.9 Å².